The maximum absolute atomic E-state index is 13.4. The van der Waals surface area contributed by atoms with Crippen LogP contribution in [0.2, 0.25) is 0 Å². The summed E-state index contributed by atoms with van der Waals surface area (Å²) >= 11 is 0. The number of benzene rings is 4. The highest BCUT2D eigenvalue weighted by Crippen LogP contribution is 2.33. The first-order chi connectivity index (χ1) is 19.5. The first-order valence-electron chi connectivity index (χ1n) is 12.8. The Labute approximate surface area is 231 Å². The van der Waals surface area contributed by atoms with Crippen LogP contribution in [0.5, 0.6) is 5.75 Å². The Morgan fingerprint density at radius 3 is 2.12 bits per heavy atom. The van der Waals surface area contributed by atoms with Crippen molar-refractivity contribution >= 4 is 23.0 Å². The van der Waals surface area contributed by atoms with Gasteiger partial charge in [-0.15, -0.1) is 0 Å². The monoisotopic (exact) mass is 533 g/mol. The van der Waals surface area contributed by atoms with Crippen molar-refractivity contribution in [2.75, 3.05) is 0 Å². The first kappa shape index (κ1) is 26.4. The van der Waals surface area contributed by atoms with E-state index in [1.807, 2.05) is 91.0 Å². The van der Waals surface area contributed by atoms with Gasteiger partial charge in [0.1, 0.15) is 24.0 Å². The van der Waals surface area contributed by atoms with Crippen LogP contribution in [-0.2, 0) is 22.6 Å². The van der Waals surface area contributed by atoms with Gasteiger partial charge >= 0.3 is 17.7 Å². The fourth-order valence-electron chi connectivity index (χ4n) is 4.44. The zero-order valence-corrected chi connectivity index (χ0v) is 21.8. The number of carbonyl (C=O) groups is 2. The number of esters is 1. The molecule has 5 rings (SSSR count). The third-order valence-electron chi connectivity index (χ3n) is 6.48. The van der Waals surface area contributed by atoms with Crippen LogP contribution in [0.4, 0.5) is 4.79 Å². The molecule has 1 N–H and O–H groups in total. The van der Waals surface area contributed by atoms with Crippen LogP contribution in [0.15, 0.2) is 118 Å². The third-order valence-corrected chi connectivity index (χ3v) is 6.48. The third kappa shape index (κ3) is 6.27. The van der Waals surface area contributed by atoms with Crippen LogP contribution in [0.1, 0.15) is 16.7 Å². The molecule has 0 saturated carbocycles. The number of fused-ring (bicyclic) bond motifs is 1. The number of hydrogen-bond acceptors (Lipinski definition) is 6. The molecule has 4 aromatic carbocycles. The van der Waals surface area contributed by atoms with Crippen molar-refractivity contribution in [3.05, 3.63) is 136 Å². The molecule has 7 heteroatoms. The number of rotatable bonds is 8. The summed E-state index contributed by atoms with van der Waals surface area (Å²) in [5.74, 6) is -0.451. The molecular formula is C33H27NO6. The topological polar surface area (TPSA) is 94.8 Å². The zero-order valence-electron chi connectivity index (χ0n) is 21.8. The van der Waals surface area contributed by atoms with Gasteiger partial charge in [0.15, 0.2) is 0 Å². The Morgan fingerprint density at radius 1 is 0.825 bits per heavy atom. The van der Waals surface area contributed by atoms with Gasteiger partial charge in [-0.2, -0.15) is 0 Å². The molecule has 1 heterocycles. The fourth-order valence-corrected chi connectivity index (χ4v) is 4.44. The van der Waals surface area contributed by atoms with Crippen LogP contribution in [0.3, 0.4) is 0 Å². The van der Waals surface area contributed by atoms with Crippen molar-refractivity contribution in [2.24, 2.45) is 0 Å². The summed E-state index contributed by atoms with van der Waals surface area (Å²) < 4.78 is 16.6. The molecule has 1 aromatic heterocycles. The Kier molecular flexibility index (Phi) is 8.02. The molecule has 0 radical (unpaired) electrons. The van der Waals surface area contributed by atoms with Gasteiger partial charge in [0.05, 0.1) is 0 Å². The Morgan fingerprint density at radius 2 is 1.45 bits per heavy atom. The maximum Gasteiger partial charge on any atom is 0.408 e. The molecule has 5 aromatic rings. The van der Waals surface area contributed by atoms with Gasteiger partial charge in [0.2, 0.25) is 0 Å². The number of nitrogens with one attached hydrogen (secondary N) is 1. The lowest BCUT2D eigenvalue weighted by Crippen LogP contribution is -2.44. The average Bonchev–Trinajstić information content (AvgIpc) is 2.98. The largest absolute Gasteiger partial charge is 0.445 e. The molecule has 0 unspecified atom stereocenters. The molecule has 40 heavy (non-hydrogen) atoms. The second-order valence-electron chi connectivity index (χ2n) is 9.28. The highest BCUT2D eigenvalue weighted by molar-refractivity contribution is 5.96. The molecule has 0 aliphatic carbocycles. The second kappa shape index (κ2) is 12.1. The van der Waals surface area contributed by atoms with E-state index in [2.05, 4.69) is 5.32 Å². The van der Waals surface area contributed by atoms with E-state index in [0.29, 0.717) is 16.5 Å². The number of alkyl carbamates (subject to hydrolysis) is 1. The summed E-state index contributed by atoms with van der Waals surface area (Å²) in [7, 11) is 0. The van der Waals surface area contributed by atoms with Crippen molar-refractivity contribution in [1.29, 1.82) is 0 Å². The van der Waals surface area contributed by atoms with Crippen molar-refractivity contribution in [3.63, 3.8) is 0 Å². The summed E-state index contributed by atoms with van der Waals surface area (Å²) in [4.78, 5) is 38.4. The predicted molar refractivity (Wildman–Crippen MR) is 152 cm³/mol. The number of ether oxygens (including phenoxy) is 2. The Hall–Kier alpha value is -5.17. The van der Waals surface area contributed by atoms with Crippen LogP contribution >= 0.6 is 0 Å². The van der Waals surface area contributed by atoms with E-state index in [4.69, 9.17) is 13.9 Å². The molecule has 0 bridgehead atoms. The number of amides is 1. The lowest BCUT2D eigenvalue weighted by Gasteiger charge is -2.19. The zero-order chi connectivity index (χ0) is 27.9. The first-order valence-corrected chi connectivity index (χ1v) is 12.8. The molecule has 1 amide bonds. The quantitative estimate of drug-likeness (QED) is 0.145. The van der Waals surface area contributed by atoms with Crippen molar-refractivity contribution < 1.29 is 23.5 Å². The second-order valence-corrected chi connectivity index (χ2v) is 9.28. The maximum atomic E-state index is 13.4. The predicted octanol–water partition coefficient (Wildman–Crippen LogP) is 6.21. The summed E-state index contributed by atoms with van der Waals surface area (Å²) in [6.45, 7) is 1.78. The molecule has 0 aliphatic rings. The van der Waals surface area contributed by atoms with Gasteiger partial charge in [-0.25, -0.2) is 14.4 Å². The minimum absolute atomic E-state index is 0.0618. The van der Waals surface area contributed by atoms with Crippen molar-refractivity contribution in [2.45, 2.75) is 26.0 Å². The van der Waals surface area contributed by atoms with Gasteiger partial charge in [0.25, 0.3) is 0 Å². The Bertz CT molecular complexity index is 1680. The van der Waals surface area contributed by atoms with Crippen LogP contribution in [0.25, 0.3) is 22.1 Å². The SMILES string of the molecule is Cc1c(OC(=O)[C@@H](Cc2ccccc2)NC(=O)OCc2ccccc2)ccc2c(-c3ccccc3)cc(=O)oc12. The van der Waals surface area contributed by atoms with E-state index in [9.17, 15) is 14.4 Å². The molecule has 1 atom stereocenters. The fraction of sp³-hybridized carbons (Fsp3) is 0.121. The lowest BCUT2D eigenvalue weighted by molar-refractivity contribution is -0.136. The van der Waals surface area contributed by atoms with Gasteiger partial charge in [-0.05, 0) is 41.3 Å². The standard InChI is InChI=1S/C33H27NO6/c1-22-29(18-17-26-27(20-30(35)40-31(22)26)25-15-9-4-10-16-25)39-32(36)28(19-23-11-5-2-6-12-23)34-33(37)38-21-24-13-7-3-8-14-24/h2-18,20,28H,19,21H2,1H3,(H,34,37)/t28-/m1/s1. The van der Waals surface area contributed by atoms with Gasteiger partial charge in [0, 0.05) is 23.4 Å². The van der Waals surface area contributed by atoms with E-state index in [1.54, 1.807) is 19.1 Å². The summed E-state index contributed by atoms with van der Waals surface area (Å²) in [5.41, 5.74) is 3.55. The number of aryl methyl sites for hydroxylation is 1. The molecule has 0 spiro atoms. The molecule has 0 fully saturated rings. The smallest absolute Gasteiger partial charge is 0.408 e. The van der Waals surface area contributed by atoms with E-state index in [1.165, 1.54) is 6.07 Å². The van der Waals surface area contributed by atoms with E-state index >= 15 is 0 Å². The normalized spacial score (nSPS) is 11.5. The summed E-state index contributed by atoms with van der Waals surface area (Å²) in [6.07, 6.45) is -0.546. The molecule has 200 valence electrons. The molecular weight excluding hydrogens is 506 g/mol. The minimum atomic E-state index is -1.02. The molecule has 7 nitrogen and oxygen atoms in total. The Balaban J connectivity index is 1.39. The highest BCUT2D eigenvalue weighted by atomic mass is 16.6. The van der Waals surface area contributed by atoms with E-state index < -0.39 is 23.7 Å². The van der Waals surface area contributed by atoms with Gasteiger partial charge in [-0.1, -0.05) is 91.0 Å². The van der Waals surface area contributed by atoms with Crippen LogP contribution < -0.4 is 15.7 Å². The van der Waals surface area contributed by atoms with E-state index in [-0.39, 0.29) is 18.8 Å². The highest BCUT2D eigenvalue weighted by Gasteiger charge is 2.25. The van der Waals surface area contributed by atoms with Crippen molar-refractivity contribution in [1.82, 2.24) is 5.32 Å². The lowest BCUT2D eigenvalue weighted by atomic mass is 10.00. The van der Waals surface area contributed by atoms with Crippen LogP contribution in [-0.4, -0.2) is 18.1 Å². The van der Waals surface area contributed by atoms with Crippen LogP contribution in [0, 0.1) is 6.92 Å². The molecule has 0 aliphatic heterocycles. The molecule has 0 saturated heterocycles. The number of carbonyl (C=O) groups excluding carboxylic acids is 2. The van der Waals surface area contributed by atoms with Gasteiger partial charge in [-0.3, -0.25) is 0 Å². The minimum Gasteiger partial charge on any atom is -0.445 e. The number of hydrogen-bond donors (Lipinski definition) is 1. The summed E-state index contributed by atoms with van der Waals surface area (Å²) in [6, 6.07) is 31.9. The van der Waals surface area contributed by atoms with Crippen molar-refractivity contribution in [3.8, 4) is 16.9 Å². The van der Waals surface area contributed by atoms with Gasteiger partial charge < -0.3 is 19.2 Å². The van der Waals surface area contributed by atoms with E-state index in [0.717, 1.165) is 22.3 Å². The summed E-state index contributed by atoms with van der Waals surface area (Å²) in [5, 5.41) is 3.36. The average molecular weight is 534 g/mol.